The molecule has 0 aromatic carbocycles. The van der Waals surface area contributed by atoms with Crippen molar-refractivity contribution in [2.75, 3.05) is 6.54 Å². The quantitative estimate of drug-likeness (QED) is 0.512. The van der Waals surface area contributed by atoms with Crippen molar-refractivity contribution in [2.45, 2.75) is 38.5 Å². The predicted octanol–water partition coefficient (Wildman–Crippen LogP) is 0.0205. The average molecular weight is 253 g/mol. The highest BCUT2D eigenvalue weighted by Crippen LogP contribution is 2.28. The highest BCUT2D eigenvalue weighted by Gasteiger charge is 2.47. The number of carbonyl (C=O) groups is 3. The second kappa shape index (κ2) is 4.80. The molecule has 0 aromatic rings. The van der Waals surface area contributed by atoms with E-state index in [1.165, 1.54) is 13.8 Å². The van der Waals surface area contributed by atoms with Crippen molar-refractivity contribution in [3.05, 3.63) is 12.2 Å². The van der Waals surface area contributed by atoms with Gasteiger partial charge in [-0.2, -0.15) is 0 Å². The van der Waals surface area contributed by atoms with Gasteiger partial charge >= 0.3 is 11.9 Å². The molecule has 0 N–H and O–H groups in total. The molecule has 0 aromatic heterocycles. The molecule has 0 spiro atoms. The van der Waals surface area contributed by atoms with Gasteiger partial charge in [-0.3, -0.25) is 14.4 Å². The van der Waals surface area contributed by atoms with Crippen LogP contribution in [0.3, 0.4) is 0 Å². The molecule has 2 aliphatic heterocycles. The van der Waals surface area contributed by atoms with Crippen molar-refractivity contribution in [2.24, 2.45) is 0 Å². The minimum absolute atomic E-state index is 0.0469. The van der Waals surface area contributed by atoms with Gasteiger partial charge in [0.15, 0.2) is 12.2 Å². The van der Waals surface area contributed by atoms with Gasteiger partial charge in [-0.05, 0) is 0 Å². The Bertz CT molecular complexity index is 417. The summed E-state index contributed by atoms with van der Waals surface area (Å²) in [6.45, 7) is 2.85. The van der Waals surface area contributed by atoms with Crippen molar-refractivity contribution >= 4 is 17.8 Å². The Kier molecular flexibility index (Phi) is 3.36. The smallest absolute Gasteiger partial charge is 0.303 e. The van der Waals surface area contributed by atoms with E-state index in [4.69, 9.17) is 9.47 Å². The minimum atomic E-state index is -0.619. The van der Waals surface area contributed by atoms with Gasteiger partial charge in [0.05, 0.1) is 12.6 Å². The van der Waals surface area contributed by atoms with Crippen molar-refractivity contribution < 1.29 is 23.9 Å². The van der Waals surface area contributed by atoms with Gasteiger partial charge in [-0.25, -0.2) is 0 Å². The van der Waals surface area contributed by atoms with E-state index in [1.54, 1.807) is 11.0 Å². The minimum Gasteiger partial charge on any atom is -0.457 e. The molecule has 6 heteroatoms. The normalized spacial score (nSPS) is 30.0. The summed E-state index contributed by atoms with van der Waals surface area (Å²) in [5.74, 6) is -0.951. The van der Waals surface area contributed by atoms with Gasteiger partial charge in [0, 0.05) is 20.3 Å². The Morgan fingerprint density at radius 3 is 2.56 bits per heavy atom. The van der Waals surface area contributed by atoms with Gasteiger partial charge in [0.1, 0.15) is 0 Å². The Morgan fingerprint density at radius 2 is 1.94 bits per heavy atom. The van der Waals surface area contributed by atoms with Crippen molar-refractivity contribution in [3.8, 4) is 0 Å². The maximum Gasteiger partial charge on any atom is 0.303 e. The molecule has 0 bridgehead atoms. The number of hydrogen-bond acceptors (Lipinski definition) is 5. The van der Waals surface area contributed by atoms with Crippen LogP contribution >= 0.6 is 0 Å². The molecule has 1 amide bonds. The molecular formula is C12H15NO5. The number of esters is 2. The van der Waals surface area contributed by atoms with Crippen molar-refractivity contribution in [1.29, 1.82) is 0 Å². The zero-order chi connectivity index (χ0) is 13.3. The first-order valence-electron chi connectivity index (χ1n) is 5.79. The summed E-state index contributed by atoms with van der Waals surface area (Å²) in [6, 6.07) is -0.334. The van der Waals surface area contributed by atoms with Gasteiger partial charge in [-0.1, -0.05) is 12.2 Å². The maximum atomic E-state index is 11.7. The first-order valence-corrected chi connectivity index (χ1v) is 5.79. The molecule has 18 heavy (non-hydrogen) atoms. The van der Waals surface area contributed by atoms with E-state index in [-0.39, 0.29) is 18.5 Å². The second-order valence-corrected chi connectivity index (χ2v) is 4.39. The summed E-state index contributed by atoms with van der Waals surface area (Å²) >= 11 is 0. The molecule has 1 saturated heterocycles. The number of hydrogen-bond donors (Lipinski definition) is 0. The third-order valence-electron chi connectivity index (χ3n) is 3.01. The molecule has 2 rings (SSSR count). The summed E-state index contributed by atoms with van der Waals surface area (Å²) in [6.07, 6.45) is 2.68. The lowest BCUT2D eigenvalue weighted by Crippen LogP contribution is -2.42. The molecule has 0 saturated carbocycles. The van der Waals surface area contributed by atoms with Crippen LogP contribution < -0.4 is 0 Å². The van der Waals surface area contributed by atoms with Gasteiger partial charge in [-0.15, -0.1) is 0 Å². The number of rotatable bonds is 2. The number of amides is 1. The molecule has 2 aliphatic rings. The topological polar surface area (TPSA) is 72.9 Å². The van der Waals surface area contributed by atoms with Crippen LogP contribution in [-0.2, 0) is 23.9 Å². The molecule has 6 nitrogen and oxygen atoms in total. The van der Waals surface area contributed by atoms with Gasteiger partial charge in [0.25, 0.3) is 0 Å². The number of fused-ring (bicyclic) bond motifs is 1. The number of nitrogens with zero attached hydrogens (tertiary/aromatic N) is 1. The molecule has 3 atom stereocenters. The van der Waals surface area contributed by atoms with Crippen LogP contribution in [0.2, 0.25) is 0 Å². The number of ether oxygens (including phenoxy) is 2. The maximum absolute atomic E-state index is 11.7. The SMILES string of the molecule is CC(=O)O[C@@H]1[C@@H](OC(C)=O)CN2C(=O)CC=C[C@@H]12. The monoisotopic (exact) mass is 253 g/mol. The standard InChI is InChI=1S/C12H15NO5/c1-7(14)17-10-6-13-9(4-3-5-11(13)16)12(10)18-8(2)15/h3-4,9-10,12H,5-6H2,1-2H3/t9-,10-,12-/m0/s1. The molecule has 0 unspecified atom stereocenters. The lowest BCUT2D eigenvalue weighted by Gasteiger charge is -2.27. The molecular weight excluding hydrogens is 238 g/mol. The molecule has 2 heterocycles. The van der Waals surface area contributed by atoms with Crippen LogP contribution in [0.5, 0.6) is 0 Å². The van der Waals surface area contributed by atoms with Crippen molar-refractivity contribution in [1.82, 2.24) is 4.90 Å². The van der Waals surface area contributed by atoms with Crippen molar-refractivity contribution in [3.63, 3.8) is 0 Å². The summed E-state index contributed by atoms with van der Waals surface area (Å²) in [4.78, 5) is 35.4. The van der Waals surface area contributed by atoms with E-state index in [2.05, 4.69) is 0 Å². The second-order valence-electron chi connectivity index (χ2n) is 4.39. The van der Waals surface area contributed by atoms with Crippen LogP contribution in [0.25, 0.3) is 0 Å². The third-order valence-corrected chi connectivity index (χ3v) is 3.01. The van der Waals surface area contributed by atoms with E-state index in [1.807, 2.05) is 6.08 Å². The third kappa shape index (κ3) is 2.37. The van der Waals surface area contributed by atoms with E-state index in [9.17, 15) is 14.4 Å². The Morgan fingerprint density at radius 1 is 1.28 bits per heavy atom. The Balaban J connectivity index is 2.20. The first kappa shape index (κ1) is 12.6. The summed E-state index contributed by atoms with van der Waals surface area (Å²) < 4.78 is 10.3. The van der Waals surface area contributed by atoms with Gasteiger partial charge < -0.3 is 14.4 Å². The molecule has 0 radical (unpaired) electrons. The first-order chi connectivity index (χ1) is 8.49. The van der Waals surface area contributed by atoms with Crippen LogP contribution in [-0.4, -0.2) is 47.5 Å². The molecule has 1 fully saturated rings. The average Bonchev–Trinajstić information content (AvgIpc) is 2.58. The largest absolute Gasteiger partial charge is 0.457 e. The van der Waals surface area contributed by atoms with Crippen LogP contribution in [0.15, 0.2) is 12.2 Å². The fourth-order valence-electron chi connectivity index (χ4n) is 2.38. The lowest BCUT2D eigenvalue weighted by molar-refractivity contribution is -0.161. The Labute approximate surface area is 105 Å². The fourth-order valence-corrected chi connectivity index (χ4v) is 2.38. The lowest BCUT2D eigenvalue weighted by atomic mass is 10.1. The summed E-state index contributed by atoms with van der Waals surface area (Å²) in [5, 5.41) is 0. The number of carbonyl (C=O) groups excluding carboxylic acids is 3. The highest BCUT2D eigenvalue weighted by molar-refractivity contribution is 5.80. The molecule has 98 valence electrons. The zero-order valence-corrected chi connectivity index (χ0v) is 10.3. The van der Waals surface area contributed by atoms with Gasteiger partial charge in [0.2, 0.25) is 5.91 Å². The zero-order valence-electron chi connectivity index (χ0n) is 10.3. The summed E-state index contributed by atoms with van der Waals surface area (Å²) in [7, 11) is 0. The highest BCUT2D eigenvalue weighted by atomic mass is 16.6. The molecule has 0 aliphatic carbocycles. The van der Waals surface area contributed by atoms with E-state index < -0.39 is 24.1 Å². The fraction of sp³-hybridized carbons (Fsp3) is 0.583. The van der Waals surface area contributed by atoms with E-state index >= 15 is 0 Å². The Hall–Kier alpha value is -1.85. The van der Waals surface area contributed by atoms with E-state index in [0.717, 1.165) is 0 Å². The summed E-state index contributed by atoms with van der Waals surface area (Å²) in [5.41, 5.74) is 0. The van der Waals surface area contributed by atoms with Crippen LogP contribution in [0.1, 0.15) is 20.3 Å². The van der Waals surface area contributed by atoms with E-state index in [0.29, 0.717) is 6.42 Å². The van der Waals surface area contributed by atoms with Crippen LogP contribution in [0, 0.1) is 0 Å². The predicted molar refractivity (Wildman–Crippen MR) is 60.4 cm³/mol. The van der Waals surface area contributed by atoms with Crippen LogP contribution in [0.4, 0.5) is 0 Å².